The van der Waals surface area contributed by atoms with Crippen molar-refractivity contribution in [1.29, 1.82) is 0 Å². The summed E-state index contributed by atoms with van der Waals surface area (Å²) < 4.78 is 5.47. The molecule has 0 aromatic carbocycles. The van der Waals surface area contributed by atoms with Crippen molar-refractivity contribution in [3.05, 3.63) is 29.3 Å². The zero-order chi connectivity index (χ0) is 17.8. The molecule has 3 heterocycles. The van der Waals surface area contributed by atoms with Crippen molar-refractivity contribution < 1.29 is 9.32 Å². The average molecular weight is 374 g/mol. The van der Waals surface area contributed by atoms with E-state index >= 15 is 0 Å². The number of piperidine rings is 1. The summed E-state index contributed by atoms with van der Waals surface area (Å²) >= 11 is 1.67. The molecular weight excluding hydrogens is 346 g/mol. The minimum absolute atomic E-state index is 0.257. The van der Waals surface area contributed by atoms with Crippen LogP contribution in [0, 0.1) is 5.92 Å². The fourth-order valence-corrected chi connectivity index (χ4v) is 4.74. The third kappa shape index (κ3) is 4.35. The van der Waals surface area contributed by atoms with E-state index in [0.29, 0.717) is 11.9 Å². The second-order valence-electron chi connectivity index (χ2n) is 7.55. The van der Waals surface area contributed by atoms with E-state index in [1.807, 2.05) is 17.5 Å². The average Bonchev–Trinajstić information content (AvgIpc) is 3.36. The third-order valence-electron chi connectivity index (χ3n) is 5.62. The Morgan fingerprint density at radius 3 is 2.77 bits per heavy atom. The first-order valence-corrected chi connectivity index (χ1v) is 10.7. The van der Waals surface area contributed by atoms with Crippen LogP contribution in [0.25, 0.3) is 10.6 Å². The number of hydrogen-bond donors (Lipinski definition) is 1. The Balaban J connectivity index is 1.23. The smallest absolute Gasteiger partial charge is 0.223 e. The summed E-state index contributed by atoms with van der Waals surface area (Å²) in [5.74, 6) is 1.40. The summed E-state index contributed by atoms with van der Waals surface area (Å²) in [6.07, 6.45) is 7.90. The number of carbonyl (C=O) groups excluding carboxylic acids is 1. The van der Waals surface area contributed by atoms with Crippen LogP contribution in [0.5, 0.6) is 0 Å². The van der Waals surface area contributed by atoms with Crippen LogP contribution in [0.1, 0.15) is 50.6 Å². The molecule has 1 N–H and O–H groups in total. The van der Waals surface area contributed by atoms with Crippen molar-refractivity contribution in [3.63, 3.8) is 0 Å². The number of carbonyl (C=O) groups is 1. The zero-order valence-corrected chi connectivity index (χ0v) is 16.0. The number of nitrogens with zero attached hydrogens (tertiary/aromatic N) is 2. The Hall–Kier alpha value is -1.66. The Morgan fingerprint density at radius 2 is 2.04 bits per heavy atom. The normalized spacial score (nSPS) is 20.3. The molecule has 2 aromatic heterocycles. The van der Waals surface area contributed by atoms with Crippen LogP contribution < -0.4 is 5.32 Å². The number of thiophene rings is 1. The highest BCUT2D eigenvalue weighted by atomic mass is 32.1. The van der Waals surface area contributed by atoms with Gasteiger partial charge in [0, 0.05) is 37.7 Å². The van der Waals surface area contributed by atoms with Crippen molar-refractivity contribution in [2.24, 2.45) is 5.92 Å². The third-order valence-corrected chi connectivity index (χ3v) is 6.50. The highest BCUT2D eigenvalue weighted by molar-refractivity contribution is 7.13. The molecule has 1 amide bonds. The van der Waals surface area contributed by atoms with Crippen molar-refractivity contribution in [3.8, 4) is 10.6 Å². The molecule has 1 saturated carbocycles. The second-order valence-corrected chi connectivity index (χ2v) is 8.50. The predicted molar refractivity (Wildman–Crippen MR) is 103 cm³/mol. The first kappa shape index (κ1) is 17.7. The summed E-state index contributed by atoms with van der Waals surface area (Å²) in [4.78, 5) is 15.9. The molecule has 4 rings (SSSR count). The van der Waals surface area contributed by atoms with Crippen molar-refractivity contribution in [2.45, 2.75) is 57.5 Å². The molecule has 6 heteroatoms. The molecule has 1 saturated heterocycles. The lowest BCUT2D eigenvalue weighted by molar-refractivity contribution is -0.127. The first-order chi connectivity index (χ1) is 12.8. The fraction of sp³-hybridized carbons (Fsp3) is 0.600. The van der Waals surface area contributed by atoms with E-state index < -0.39 is 0 Å². The Bertz CT molecular complexity index is 698. The number of amides is 1. The molecule has 2 aromatic rings. The van der Waals surface area contributed by atoms with E-state index in [2.05, 4.69) is 21.4 Å². The van der Waals surface area contributed by atoms with Crippen molar-refractivity contribution in [1.82, 2.24) is 15.4 Å². The van der Waals surface area contributed by atoms with Gasteiger partial charge in [-0.1, -0.05) is 30.5 Å². The monoisotopic (exact) mass is 373 g/mol. The van der Waals surface area contributed by atoms with E-state index in [4.69, 9.17) is 4.52 Å². The fourth-order valence-electron chi connectivity index (χ4n) is 4.07. The molecule has 140 valence electrons. The highest BCUT2D eigenvalue weighted by Crippen LogP contribution is 2.26. The van der Waals surface area contributed by atoms with Crippen LogP contribution in [-0.4, -0.2) is 35.1 Å². The number of rotatable bonds is 5. The summed E-state index contributed by atoms with van der Waals surface area (Å²) in [5, 5.41) is 9.56. The predicted octanol–water partition coefficient (Wildman–Crippen LogP) is 4.06. The number of likely N-dealkylation sites (tertiary alicyclic amines) is 1. The number of nitrogens with one attached hydrogen (secondary N) is 1. The number of hydrogen-bond acceptors (Lipinski definition) is 5. The van der Waals surface area contributed by atoms with Crippen LogP contribution >= 0.6 is 11.3 Å². The Labute approximate surface area is 158 Å². The van der Waals surface area contributed by atoms with Crippen molar-refractivity contribution in [2.75, 3.05) is 13.1 Å². The van der Waals surface area contributed by atoms with Gasteiger partial charge in [0.25, 0.3) is 0 Å². The molecule has 0 atom stereocenters. The maximum Gasteiger partial charge on any atom is 0.223 e. The molecule has 1 aliphatic heterocycles. The van der Waals surface area contributed by atoms with Crippen LogP contribution in [-0.2, 0) is 11.3 Å². The van der Waals surface area contributed by atoms with Crippen molar-refractivity contribution >= 4 is 17.2 Å². The van der Waals surface area contributed by atoms with Gasteiger partial charge in [-0.15, -0.1) is 11.3 Å². The minimum Gasteiger partial charge on any atom is -0.355 e. The molecule has 0 spiro atoms. The number of aromatic nitrogens is 1. The van der Waals surface area contributed by atoms with Crippen LogP contribution in [0.15, 0.2) is 28.1 Å². The van der Waals surface area contributed by atoms with E-state index in [0.717, 1.165) is 61.6 Å². The van der Waals surface area contributed by atoms with E-state index in [1.54, 1.807) is 11.3 Å². The maximum absolute atomic E-state index is 12.4. The van der Waals surface area contributed by atoms with Gasteiger partial charge in [0.05, 0.1) is 10.6 Å². The van der Waals surface area contributed by atoms with E-state index in [9.17, 15) is 4.79 Å². The van der Waals surface area contributed by atoms with Gasteiger partial charge in [-0.25, -0.2) is 0 Å². The Kier molecular flexibility index (Phi) is 5.70. The summed E-state index contributed by atoms with van der Waals surface area (Å²) in [7, 11) is 0. The molecule has 1 aliphatic carbocycles. The zero-order valence-electron chi connectivity index (χ0n) is 15.2. The van der Waals surface area contributed by atoms with E-state index in [-0.39, 0.29) is 5.92 Å². The first-order valence-electron chi connectivity index (χ1n) is 9.80. The SMILES string of the molecule is O=C(NC1CCN(Cc2cc(-c3cccs3)on2)CC1)C1CCCCC1. The van der Waals surface area contributed by atoms with Gasteiger partial charge in [-0.2, -0.15) is 0 Å². The maximum atomic E-state index is 12.4. The molecule has 0 unspecified atom stereocenters. The highest BCUT2D eigenvalue weighted by Gasteiger charge is 2.26. The minimum atomic E-state index is 0.257. The van der Waals surface area contributed by atoms with Gasteiger partial charge in [0.15, 0.2) is 5.76 Å². The molecular formula is C20H27N3O2S. The lowest BCUT2D eigenvalue weighted by Crippen LogP contribution is -2.46. The second kappa shape index (κ2) is 8.35. The van der Waals surface area contributed by atoms with Gasteiger partial charge in [-0.3, -0.25) is 9.69 Å². The topological polar surface area (TPSA) is 58.4 Å². The van der Waals surface area contributed by atoms with E-state index in [1.165, 1.54) is 19.3 Å². The van der Waals surface area contributed by atoms with Crippen LogP contribution in [0.4, 0.5) is 0 Å². The summed E-state index contributed by atoms with van der Waals surface area (Å²) in [5.41, 5.74) is 0.984. The van der Waals surface area contributed by atoms with Gasteiger partial charge in [-0.05, 0) is 37.1 Å². The molecule has 0 radical (unpaired) electrons. The van der Waals surface area contributed by atoms with Crippen LogP contribution in [0.3, 0.4) is 0 Å². The quantitative estimate of drug-likeness (QED) is 0.858. The summed E-state index contributed by atoms with van der Waals surface area (Å²) in [6.45, 7) is 2.81. The van der Waals surface area contributed by atoms with Gasteiger partial charge < -0.3 is 9.84 Å². The summed E-state index contributed by atoms with van der Waals surface area (Å²) in [6, 6.07) is 6.45. The molecule has 2 fully saturated rings. The molecule has 26 heavy (non-hydrogen) atoms. The lowest BCUT2D eigenvalue weighted by Gasteiger charge is -2.33. The standard InChI is InChI=1S/C20H27N3O2S/c24-20(15-5-2-1-3-6-15)21-16-8-10-23(11-9-16)14-17-13-18(25-22-17)19-7-4-12-26-19/h4,7,12-13,15-16H,1-3,5-6,8-11,14H2,(H,21,24). The molecule has 5 nitrogen and oxygen atoms in total. The Morgan fingerprint density at radius 1 is 1.23 bits per heavy atom. The lowest BCUT2D eigenvalue weighted by atomic mass is 9.88. The molecule has 0 bridgehead atoms. The largest absolute Gasteiger partial charge is 0.355 e. The van der Waals surface area contributed by atoms with Crippen LogP contribution in [0.2, 0.25) is 0 Å². The van der Waals surface area contributed by atoms with Gasteiger partial charge in [0.2, 0.25) is 5.91 Å². The van der Waals surface area contributed by atoms with Gasteiger partial charge >= 0.3 is 0 Å². The van der Waals surface area contributed by atoms with Gasteiger partial charge in [0.1, 0.15) is 0 Å². The molecule has 2 aliphatic rings.